The van der Waals surface area contributed by atoms with Gasteiger partial charge in [0.1, 0.15) is 5.82 Å². The molecule has 1 saturated heterocycles. The average molecular weight is 389 g/mol. The molecule has 0 radical (unpaired) electrons. The number of fused-ring (bicyclic) bond motifs is 1. The first kappa shape index (κ1) is 17.8. The van der Waals surface area contributed by atoms with Gasteiger partial charge in [-0.3, -0.25) is 9.69 Å². The highest BCUT2D eigenvalue weighted by atomic mass is 35.5. The van der Waals surface area contributed by atoms with E-state index < -0.39 is 0 Å². The largest absolute Gasteiger partial charge is 0.333 e. The van der Waals surface area contributed by atoms with Gasteiger partial charge in [0.05, 0.1) is 0 Å². The summed E-state index contributed by atoms with van der Waals surface area (Å²) in [5.41, 5.74) is 1.35. The smallest absolute Gasteiger partial charge is 0.293 e. The van der Waals surface area contributed by atoms with E-state index in [4.69, 9.17) is 11.6 Å². The summed E-state index contributed by atoms with van der Waals surface area (Å²) >= 11 is 6.10. The van der Waals surface area contributed by atoms with Gasteiger partial charge < -0.3 is 4.90 Å². The lowest BCUT2D eigenvalue weighted by atomic mass is 10.2. The molecular weight excluding hydrogens is 371 g/mol. The van der Waals surface area contributed by atoms with Crippen LogP contribution in [-0.2, 0) is 6.54 Å². The molecule has 2 aromatic heterocycles. The molecule has 3 aromatic rings. The molecule has 9 heteroatoms. The maximum Gasteiger partial charge on any atom is 0.293 e. The van der Waals surface area contributed by atoms with Crippen LogP contribution in [0, 0.1) is 12.7 Å². The summed E-state index contributed by atoms with van der Waals surface area (Å²) in [7, 11) is 0. The molecule has 27 heavy (non-hydrogen) atoms. The Hall–Kier alpha value is -2.58. The second kappa shape index (κ2) is 7.21. The first-order valence-corrected chi connectivity index (χ1v) is 9.03. The summed E-state index contributed by atoms with van der Waals surface area (Å²) in [6.07, 6.45) is 1.64. The fraction of sp³-hybridized carbons (Fsp3) is 0.333. The molecule has 0 aliphatic carbocycles. The van der Waals surface area contributed by atoms with E-state index in [2.05, 4.69) is 20.0 Å². The minimum Gasteiger partial charge on any atom is -0.333 e. The molecule has 1 aromatic carbocycles. The van der Waals surface area contributed by atoms with Gasteiger partial charge in [-0.15, -0.1) is 5.10 Å². The highest BCUT2D eigenvalue weighted by Gasteiger charge is 2.26. The van der Waals surface area contributed by atoms with Gasteiger partial charge in [0.25, 0.3) is 11.7 Å². The van der Waals surface area contributed by atoms with E-state index in [0.29, 0.717) is 49.1 Å². The number of aryl methyl sites for hydroxylation is 1. The molecule has 1 aliphatic heterocycles. The van der Waals surface area contributed by atoms with Crippen LogP contribution in [0.1, 0.15) is 21.9 Å². The van der Waals surface area contributed by atoms with E-state index >= 15 is 0 Å². The van der Waals surface area contributed by atoms with Crippen molar-refractivity contribution in [1.82, 2.24) is 29.4 Å². The van der Waals surface area contributed by atoms with E-state index in [1.54, 1.807) is 27.7 Å². The summed E-state index contributed by atoms with van der Waals surface area (Å²) in [6, 6.07) is 6.50. The summed E-state index contributed by atoms with van der Waals surface area (Å²) in [5.74, 6) is 0.0230. The second-order valence-corrected chi connectivity index (χ2v) is 6.91. The number of rotatable bonds is 3. The molecule has 140 valence electrons. The van der Waals surface area contributed by atoms with Crippen molar-refractivity contribution in [1.29, 1.82) is 0 Å². The Morgan fingerprint density at radius 3 is 2.70 bits per heavy atom. The molecule has 1 aliphatic rings. The number of amides is 1. The lowest BCUT2D eigenvalue weighted by Gasteiger charge is -2.34. The normalized spacial score (nSPS) is 15.4. The molecule has 7 nitrogen and oxygen atoms in total. The number of hydrogen-bond acceptors (Lipinski definition) is 5. The van der Waals surface area contributed by atoms with Crippen molar-refractivity contribution in [3.05, 3.63) is 58.4 Å². The highest BCUT2D eigenvalue weighted by molar-refractivity contribution is 6.31. The third-order valence-electron chi connectivity index (χ3n) is 4.72. The summed E-state index contributed by atoms with van der Waals surface area (Å²) < 4.78 is 15.5. The van der Waals surface area contributed by atoms with Crippen molar-refractivity contribution in [3.63, 3.8) is 0 Å². The minimum absolute atomic E-state index is 0.141. The van der Waals surface area contributed by atoms with Gasteiger partial charge in [0, 0.05) is 55.2 Å². The molecule has 0 spiro atoms. The van der Waals surface area contributed by atoms with Gasteiger partial charge in [0.15, 0.2) is 0 Å². The van der Waals surface area contributed by atoms with E-state index in [9.17, 15) is 9.18 Å². The number of hydrogen-bond donors (Lipinski definition) is 0. The Kier molecular flexibility index (Phi) is 4.75. The highest BCUT2D eigenvalue weighted by Crippen LogP contribution is 2.21. The molecule has 0 bridgehead atoms. The Morgan fingerprint density at radius 2 is 2.00 bits per heavy atom. The van der Waals surface area contributed by atoms with E-state index in [-0.39, 0.29) is 17.5 Å². The van der Waals surface area contributed by atoms with Crippen LogP contribution in [0.15, 0.2) is 30.5 Å². The quantitative estimate of drug-likeness (QED) is 0.688. The first-order chi connectivity index (χ1) is 13.0. The number of carbonyl (C=O) groups is 1. The van der Waals surface area contributed by atoms with Crippen LogP contribution in [0.5, 0.6) is 0 Å². The third-order valence-corrected chi connectivity index (χ3v) is 5.08. The van der Waals surface area contributed by atoms with Crippen molar-refractivity contribution in [2.75, 3.05) is 26.2 Å². The Balaban J connectivity index is 1.42. The topological polar surface area (TPSA) is 66.6 Å². The van der Waals surface area contributed by atoms with Crippen molar-refractivity contribution in [3.8, 4) is 0 Å². The summed E-state index contributed by atoms with van der Waals surface area (Å²) in [5, 5.41) is 4.69. The fourth-order valence-electron chi connectivity index (χ4n) is 3.15. The van der Waals surface area contributed by atoms with Gasteiger partial charge >= 0.3 is 0 Å². The van der Waals surface area contributed by atoms with Crippen LogP contribution in [0.2, 0.25) is 5.02 Å². The lowest BCUT2D eigenvalue weighted by molar-refractivity contribution is 0.0615. The zero-order chi connectivity index (χ0) is 19.0. The molecule has 3 heterocycles. The zero-order valence-corrected chi connectivity index (χ0v) is 15.5. The van der Waals surface area contributed by atoms with Crippen molar-refractivity contribution in [2.45, 2.75) is 13.5 Å². The lowest BCUT2D eigenvalue weighted by Crippen LogP contribution is -2.48. The SMILES string of the molecule is Cc1ccnc2nc(C(=O)N3CCN(Cc4c(F)cccc4Cl)CC3)nn12. The van der Waals surface area contributed by atoms with E-state index in [0.717, 1.165) is 5.69 Å². The van der Waals surface area contributed by atoms with Crippen LogP contribution in [0.3, 0.4) is 0 Å². The summed E-state index contributed by atoms with van der Waals surface area (Å²) in [6.45, 7) is 4.59. The minimum atomic E-state index is -0.308. The maximum atomic E-state index is 14.0. The number of carbonyl (C=O) groups excluding carboxylic acids is 1. The predicted molar refractivity (Wildman–Crippen MR) is 98.1 cm³/mol. The summed E-state index contributed by atoms with van der Waals surface area (Å²) in [4.78, 5) is 24.9. The van der Waals surface area contributed by atoms with Crippen LogP contribution < -0.4 is 0 Å². The number of nitrogens with zero attached hydrogens (tertiary/aromatic N) is 6. The predicted octanol–water partition coefficient (Wildman–Crippen LogP) is 2.18. The van der Waals surface area contributed by atoms with Gasteiger partial charge in [-0.1, -0.05) is 17.7 Å². The van der Waals surface area contributed by atoms with Crippen LogP contribution in [-0.4, -0.2) is 61.5 Å². The van der Waals surface area contributed by atoms with Crippen molar-refractivity contribution in [2.24, 2.45) is 0 Å². The van der Waals surface area contributed by atoms with Crippen LogP contribution >= 0.6 is 11.6 Å². The van der Waals surface area contributed by atoms with Crippen LogP contribution in [0.4, 0.5) is 4.39 Å². The molecule has 0 saturated carbocycles. The average Bonchev–Trinajstić information content (AvgIpc) is 3.11. The molecule has 0 N–H and O–H groups in total. The Labute approximate surface area is 160 Å². The maximum absolute atomic E-state index is 14.0. The van der Waals surface area contributed by atoms with Gasteiger partial charge in [-0.2, -0.15) is 4.98 Å². The standard InChI is InChI=1S/C18H18ClFN6O/c1-12-5-6-21-18-22-16(23-26(12)18)17(27)25-9-7-24(8-10-25)11-13-14(19)3-2-4-15(13)20/h2-6H,7-11H2,1H3. The van der Waals surface area contributed by atoms with E-state index in [1.807, 2.05) is 13.0 Å². The number of aromatic nitrogens is 4. The monoisotopic (exact) mass is 388 g/mol. The second-order valence-electron chi connectivity index (χ2n) is 6.50. The number of benzene rings is 1. The Bertz CT molecular complexity index is 978. The first-order valence-electron chi connectivity index (χ1n) is 8.66. The molecule has 1 fully saturated rings. The fourth-order valence-corrected chi connectivity index (χ4v) is 3.38. The van der Waals surface area contributed by atoms with Crippen molar-refractivity contribution >= 4 is 23.3 Å². The van der Waals surface area contributed by atoms with E-state index in [1.165, 1.54) is 6.07 Å². The van der Waals surface area contributed by atoms with Crippen molar-refractivity contribution < 1.29 is 9.18 Å². The van der Waals surface area contributed by atoms with Crippen LogP contribution in [0.25, 0.3) is 5.78 Å². The Morgan fingerprint density at radius 1 is 1.22 bits per heavy atom. The van der Waals surface area contributed by atoms with Gasteiger partial charge in [0.2, 0.25) is 5.82 Å². The zero-order valence-electron chi connectivity index (χ0n) is 14.8. The van der Waals surface area contributed by atoms with Gasteiger partial charge in [-0.25, -0.2) is 13.9 Å². The molecule has 0 unspecified atom stereocenters. The molecule has 4 rings (SSSR count). The molecule has 1 amide bonds. The molecule has 0 atom stereocenters. The third kappa shape index (κ3) is 3.50. The number of piperazine rings is 1. The molecular formula is C18H18ClFN6O. The number of halogens is 2. The van der Waals surface area contributed by atoms with Gasteiger partial charge in [-0.05, 0) is 25.1 Å².